The normalized spacial score (nSPS) is 16.5. The van der Waals surface area contributed by atoms with E-state index < -0.39 is 0 Å². The molecule has 1 unspecified atom stereocenters. The molecular weight excluding hydrogens is 352 g/mol. The van der Waals surface area contributed by atoms with Crippen LogP contribution in [0, 0.1) is 0 Å². The SMILES string of the molecule is CCOC(=O)c1c(/N=C/c2cccc(OC)c2O)sc2c1CC[NH+](C)C2. The van der Waals surface area contributed by atoms with Gasteiger partial charge in [0.25, 0.3) is 0 Å². The minimum Gasteiger partial charge on any atom is -0.504 e. The Balaban J connectivity index is 2.00. The van der Waals surface area contributed by atoms with Crippen molar-refractivity contribution < 1.29 is 24.3 Å². The highest BCUT2D eigenvalue weighted by molar-refractivity contribution is 7.16. The first kappa shape index (κ1) is 18.4. The fraction of sp³-hybridized carbons (Fsp3) is 0.368. The van der Waals surface area contributed by atoms with Crippen molar-refractivity contribution >= 4 is 28.5 Å². The third-order valence-corrected chi connectivity index (χ3v) is 5.53. The van der Waals surface area contributed by atoms with E-state index >= 15 is 0 Å². The summed E-state index contributed by atoms with van der Waals surface area (Å²) in [6.07, 6.45) is 2.40. The summed E-state index contributed by atoms with van der Waals surface area (Å²) in [5.74, 6) is 0.0868. The second kappa shape index (κ2) is 7.88. The van der Waals surface area contributed by atoms with Crippen molar-refractivity contribution in [1.29, 1.82) is 0 Å². The zero-order valence-electron chi connectivity index (χ0n) is 15.2. The van der Waals surface area contributed by atoms with Crippen molar-refractivity contribution in [3.05, 3.63) is 39.8 Å². The number of methoxy groups -OCH3 is 1. The minimum atomic E-state index is -0.327. The number of ether oxygens (including phenoxy) is 2. The van der Waals surface area contributed by atoms with Crippen LogP contribution in [0.5, 0.6) is 11.5 Å². The number of benzene rings is 1. The van der Waals surface area contributed by atoms with Gasteiger partial charge in [-0.25, -0.2) is 9.79 Å². The zero-order chi connectivity index (χ0) is 18.7. The fourth-order valence-electron chi connectivity index (χ4n) is 3.05. The van der Waals surface area contributed by atoms with E-state index in [2.05, 4.69) is 12.0 Å². The van der Waals surface area contributed by atoms with E-state index in [-0.39, 0.29) is 11.7 Å². The topological polar surface area (TPSA) is 72.6 Å². The predicted molar refractivity (Wildman–Crippen MR) is 101 cm³/mol. The molecule has 7 heteroatoms. The third kappa shape index (κ3) is 3.59. The molecule has 0 bridgehead atoms. The summed E-state index contributed by atoms with van der Waals surface area (Å²) in [6, 6.07) is 5.21. The summed E-state index contributed by atoms with van der Waals surface area (Å²) in [4.78, 5) is 19.6. The number of quaternary nitrogens is 1. The summed E-state index contributed by atoms with van der Waals surface area (Å²) in [5, 5.41) is 10.8. The largest absolute Gasteiger partial charge is 0.504 e. The van der Waals surface area contributed by atoms with Gasteiger partial charge < -0.3 is 19.5 Å². The number of hydrogen-bond acceptors (Lipinski definition) is 6. The van der Waals surface area contributed by atoms with E-state index in [9.17, 15) is 9.90 Å². The van der Waals surface area contributed by atoms with Crippen molar-refractivity contribution in [2.75, 3.05) is 27.3 Å². The maximum atomic E-state index is 12.5. The van der Waals surface area contributed by atoms with Crippen LogP contribution in [0.2, 0.25) is 0 Å². The second-order valence-electron chi connectivity index (χ2n) is 6.19. The summed E-state index contributed by atoms with van der Waals surface area (Å²) in [7, 11) is 3.64. The molecule has 2 aromatic rings. The molecule has 0 saturated carbocycles. The van der Waals surface area contributed by atoms with Crippen molar-refractivity contribution in [3.8, 4) is 11.5 Å². The number of aromatic hydroxyl groups is 1. The van der Waals surface area contributed by atoms with Gasteiger partial charge in [0.05, 0.1) is 32.2 Å². The van der Waals surface area contributed by atoms with Crippen molar-refractivity contribution in [3.63, 3.8) is 0 Å². The maximum Gasteiger partial charge on any atom is 0.341 e. The number of rotatable bonds is 5. The molecule has 1 atom stereocenters. The lowest BCUT2D eigenvalue weighted by atomic mass is 10.0. The standard InChI is InChI=1S/C19H22N2O4S/c1-4-25-19(23)16-13-8-9-21(2)11-15(13)26-18(16)20-10-12-6-5-7-14(24-3)17(12)22/h5-7,10,22H,4,8-9,11H2,1-3H3/p+1/b20-10+. The molecule has 0 spiro atoms. The van der Waals surface area contributed by atoms with E-state index in [1.165, 1.54) is 28.2 Å². The molecule has 1 aromatic heterocycles. The van der Waals surface area contributed by atoms with Crippen LogP contribution < -0.4 is 9.64 Å². The van der Waals surface area contributed by atoms with E-state index in [0.29, 0.717) is 28.5 Å². The monoisotopic (exact) mass is 375 g/mol. The van der Waals surface area contributed by atoms with Gasteiger partial charge in [0.15, 0.2) is 11.5 Å². The molecule has 0 saturated heterocycles. The molecule has 0 fully saturated rings. The van der Waals surface area contributed by atoms with E-state index in [0.717, 1.165) is 25.1 Å². The van der Waals surface area contributed by atoms with E-state index in [1.54, 1.807) is 31.3 Å². The number of aliphatic imine (C=N–C) groups is 1. The number of nitrogens with one attached hydrogen (secondary N) is 1. The average molecular weight is 375 g/mol. The Hall–Kier alpha value is -2.38. The number of phenols is 1. The molecule has 0 amide bonds. The minimum absolute atomic E-state index is 0.0296. The summed E-state index contributed by atoms with van der Waals surface area (Å²) in [6.45, 7) is 3.99. The van der Waals surface area contributed by atoms with E-state index in [4.69, 9.17) is 9.47 Å². The van der Waals surface area contributed by atoms with Crippen LogP contribution in [0.25, 0.3) is 0 Å². The van der Waals surface area contributed by atoms with Crippen LogP contribution >= 0.6 is 11.3 Å². The quantitative estimate of drug-likeness (QED) is 0.619. The second-order valence-corrected chi connectivity index (χ2v) is 7.28. The number of thiophene rings is 1. The highest BCUT2D eigenvalue weighted by atomic mass is 32.1. The predicted octanol–water partition coefficient (Wildman–Crippen LogP) is 1.96. The lowest BCUT2D eigenvalue weighted by molar-refractivity contribution is -0.895. The third-order valence-electron chi connectivity index (χ3n) is 4.39. The molecule has 2 N–H and O–H groups in total. The first-order valence-electron chi connectivity index (χ1n) is 8.58. The Kier molecular flexibility index (Phi) is 5.58. The molecule has 1 aromatic carbocycles. The van der Waals surface area contributed by atoms with Crippen LogP contribution in [0.3, 0.4) is 0 Å². The maximum absolute atomic E-state index is 12.5. The number of phenolic OH excluding ortho intramolecular Hbond substituents is 1. The Labute approximate surface area is 156 Å². The van der Waals surface area contributed by atoms with Gasteiger partial charge in [-0.2, -0.15) is 0 Å². The van der Waals surface area contributed by atoms with Crippen LogP contribution in [0.1, 0.15) is 33.3 Å². The van der Waals surface area contributed by atoms with Crippen LogP contribution in [0.15, 0.2) is 23.2 Å². The Morgan fingerprint density at radius 2 is 2.27 bits per heavy atom. The summed E-state index contributed by atoms with van der Waals surface area (Å²) in [5.41, 5.74) is 2.16. The average Bonchev–Trinajstić information content (AvgIpc) is 2.98. The van der Waals surface area contributed by atoms with Gasteiger partial charge >= 0.3 is 5.97 Å². The Bertz CT molecular complexity index is 844. The van der Waals surface area contributed by atoms with Gasteiger partial charge in [-0.3, -0.25) is 0 Å². The molecule has 3 rings (SSSR count). The molecular formula is C19H23N2O4S+. The summed E-state index contributed by atoms with van der Waals surface area (Å²) < 4.78 is 10.4. The molecule has 1 aliphatic rings. The molecule has 138 valence electrons. The molecule has 0 radical (unpaired) electrons. The number of esters is 1. The number of carbonyl (C=O) groups is 1. The fourth-order valence-corrected chi connectivity index (χ4v) is 4.34. The van der Waals surface area contributed by atoms with Gasteiger partial charge in [-0.05, 0) is 24.6 Å². The van der Waals surface area contributed by atoms with Crippen LogP contribution in [-0.4, -0.2) is 44.6 Å². The first-order chi connectivity index (χ1) is 12.5. The highest BCUT2D eigenvalue weighted by Crippen LogP contribution is 2.38. The van der Waals surface area contributed by atoms with Crippen LogP contribution in [0.4, 0.5) is 5.00 Å². The number of para-hydroxylation sites is 1. The van der Waals surface area contributed by atoms with E-state index in [1.807, 2.05) is 0 Å². The molecule has 1 aliphatic heterocycles. The number of nitrogens with zero attached hydrogens (tertiary/aromatic N) is 1. The first-order valence-corrected chi connectivity index (χ1v) is 9.39. The summed E-state index contributed by atoms with van der Waals surface area (Å²) >= 11 is 1.52. The smallest absolute Gasteiger partial charge is 0.341 e. The molecule has 6 nitrogen and oxygen atoms in total. The molecule has 0 aliphatic carbocycles. The van der Waals surface area contributed by atoms with Gasteiger partial charge in [0.1, 0.15) is 17.1 Å². The number of carbonyl (C=O) groups excluding carboxylic acids is 1. The van der Waals surface area contributed by atoms with Gasteiger partial charge in [-0.15, -0.1) is 11.3 Å². The molecule has 2 heterocycles. The number of likely N-dealkylation sites (N-methyl/N-ethyl adjacent to an activating group) is 1. The van der Waals surface area contributed by atoms with Gasteiger partial charge in [-0.1, -0.05) is 6.07 Å². The Morgan fingerprint density at radius 1 is 1.46 bits per heavy atom. The molecule has 26 heavy (non-hydrogen) atoms. The van der Waals surface area contributed by atoms with Crippen molar-refractivity contribution in [2.45, 2.75) is 19.9 Å². The van der Waals surface area contributed by atoms with Crippen molar-refractivity contribution in [1.82, 2.24) is 0 Å². The number of fused-ring (bicyclic) bond motifs is 1. The lowest BCUT2D eigenvalue weighted by Crippen LogP contribution is -3.08. The highest BCUT2D eigenvalue weighted by Gasteiger charge is 2.29. The van der Waals surface area contributed by atoms with Crippen molar-refractivity contribution in [2.24, 2.45) is 4.99 Å². The Morgan fingerprint density at radius 3 is 3.00 bits per heavy atom. The van der Waals surface area contributed by atoms with Gasteiger partial charge in [0, 0.05) is 18.2 Å². The number of hydrogen-bond donors (Lipinski definition) is 2. The zero-order valence-corrected chi connectivity index (χ0v) is 16.0. The lowest BCUT2D eigenvalue weighted by Gasteiger charge is -2.19. The van der Waals surface area contributed by atoms with Crippen LogP contribution in [-0.2, 0) is 17.7 Å². The van der Waals surface area contributed by atoms with Gasteiger partial charge in [0.2, 0.25) is 0 Å².